The van der Waals surface area contributed by atoms with E-state index in [1.807, 2.05) is 4.90 Å². The van der Waals surface area contributed by atoms with Gasteiger partial charge in [0.25, 0.3) is 0 Å². The summed E-state index contributed by atoms with van der Waals surface area (Å²) < 4.78 is 5.04. The van der Waals surface area contributed by atoms with Crippen LogP contribution in [-0.4, -0.2) is 54.7 Å². The zero-order valence-electron chi connectivity index (χ0n) is 15.1. The highest BCUT2D eigenvalue weighted by molar-refractivity contribution is 6.01. The molecule has 3 rings (SSSR count). The van der Waals surface area contributed by atoms with Gasteiger partial charge in [-0.25, -0.2) is 4.79 Å². The van der Waals surface area contributed by atoms with Gasteiger partial charge < -0.3 is 15.2 Å². The van der Waals surface area contributed by atoms with Gasteiger partial charge in [0.15, 0.2) is 0 Å². The number of aliphatic carboxylic acids is 1. The van der Waals surface area contributed by atoms with Gasteiger partial charge in [0, 0.05) is 18.8 Å². The lowest BCUT2D eigenvalue weighted by Gasteiger charge is -2.23. The summed E-state index contributed by atoms with van der Waals surface area (Å²) in [6.07, 6.45) is 2.45. The first kappa shape index (κ1) is 21.0. The fraction of sp³-hybridized carbons (Fsp3) is 0.500. The summed E-state index contributed by atoms with van der Waals surface area (Å²) in [5, 5.41) is 14.4. The summed E-state index contributed by atoms with van der Waals surface area (Å²) >= 11 is 0. The van der Waals surface area contributed by atoms with E-state index in [9.17, 15) is 19.5 Å². The number of imide groups is 1. The molecule has 148 valence electrons. The van der Waals surface area contributed by atoms with Crippen molar-refractivity contribution in [3.8, 4) is 5.75 Å². The minimum Gasteiger partial charge on any atom is -0.497 e. The standard InChI is InChI=1S/C18H23N3O5.ClH/c1-26-14-6-4-13(5-7-14)19-17(25)20-15(22)10-21-9-12-3-2-8-18(12,11-21)16(23)24;/h4-7,12H,2-3,8-11H2,1H3,(H,23,24)(H2,19,20,22,25);1H/t12-,18+;/m0./s1. The first-order chi connectivity index (χ1) is 12.4. The number of hydrogen-bond acceptors (Lipinski definition) is 5. The van der Waals surface area contributed by atoms with E-state index < -0.39 is 23.3 Å². The molecule has 0 aromatic heterocycles. The predicted octanol–water partition coefficient (Wildman–Crippen LogP) is 1.95. The predicted molar refractivity (Wildman–Crippen MR) is 101 cm³/mol. The van der Waals surface area contributed by atoms with Gasteiger partial charge >= 0.3 is 12.0 Å². The smallest absolute Gasteiger partial charge is 0.325 e. The lowest BCUT2D eigenvalue weighted by atomic mass is 9.81. The lowest BCUT2D eigenvalue weighted by Crippen LogP contribution is -2.42. The van der Waals surface area contributed by atoms with Crippen molar-refractivity contribution in [1.29, 1.82) is 0 Å². The van der Waals surface area contributed by atoms with Crippen LogP contribution in [0.1, 0.15) is 19.3 Å². The Balaban J connectivity index is 0.00000261. The summed E-state index contributed by atoms with van der Waals surface area (Å²) in [5.74, 6) is -0.475. The van der Waals surface area contributed by atoms with Crippen molar-refractivity contribution in [2.24, 2.45) is 11.3 Å². The summed E-state index contributed by atoms with van der Waals surface area (Å²) in [4.78, 5) is 37.5. The SMILES string of the molecule is COc1ccc(NC(=O)NC(=O)CN2C[C@@H]3CCC[C@@]3(C(=O)O)C2)cc1.Cl. The quantitative estimate of drug-likeness (QED) is 0.700. The molecule has 9 heteroatoms. The molecule has 3 N–H and O–H groups in total. The van der Waals surface area contributed by atoms with Crippen LogP contribution in [0, 0.1) is 11.3 Å². The fourth-order valence-electron chi connectivity index (χ4n) is 4.07. The first-order valence-electron chi connectivity index (χ1n) is 8.63. The molecule has 2 fully saturated rings. The Morgan fingerprint density at radius 2 is 2.00 bits per heavy atom. The number of carbonyl (C=O) groups is 3. The van der Waals surface area contributed by atoms with Crippen LogP contribution in [0.25, 0.3) is 0 Å². The third-order valence-corrected chi connectivity index (χ3v) is 5.34. The van der Waals surface area contributed by atoms with Gasteiger partial charge in [-0.15, -0.1) is 12.4 Å². The van der Waals surface area contributed by atoms with E-state index in [1.54, 1.807) is 31.4 Å². The van der Waals surface area contributed by atoms with Gasteiger partial charge in [0.05, 0.1) is 19.1 Å². The normalized spacial score (nSPS) is 23.8. The Hall–Kier alpha value is -2.32. The highest BCUT2D eigenvalue weighted by Gasteiger charge is 2.54. The Bertz CT molecular complexity index is 711. The minimum absolute atomic E-state index is 0. The summed E-state index contributed by atoms with van der Waals surface area (Å²) in [7, 11) is 1.55. The van der Waals surface area contributed by atoms with Crippen LogP contribution >= 0.6 is 12.4 Å². The van der Waals surface area contributed by atoms with Crippen molar-refractivity contribution >= 4 is 36.0 Å². The molecule has 0 unspecified atom stereocenters. The van der Waals surface area contributed by atoms with Crippen LogP contribution in [0.3, 0.4) is 0 Å². The van der Waals surface area contributed by atoms with E-state index in [0.717, 1.165) is 12.8 Å². The number of likely N-dealkylation sites (tertiary alicyclic amines) is 1. The number of anilines is 1. The van der Waals surface area contributed by atoms with E-state index in [0.29, 0.717) is 30.9 Å². The van der Waals surface area contributed by atoms with Crippen LogP contribution in [-0.2, 0) is 9.59 Å². The maximum Gasteiger partial charge on any atom is 0.325 e. The monoisotopic (exact) mass is 397 g/mol. The molecule has 1 saturated carbocycles. The molecule has 2 aliphatic rings. The van der Waals surface area contributed by atoms with Gasteiger partial charge in [0.2, 0.25) is 5.91 Å². The molecule has 27 heavy (non-hydrogen) atoms. The van der Waals surface area contributed by atoms with Crippen molar-refractivity contribution in [2.45, 2.75) is 19.3 Å². The fourth-order valence-corrected chi connectivity index (χ4v) is 4.07. The maximum atomic E-state index is 12.1. The van der Waals surface area contributed by atoms with Gasteiger partial charge in [0.1, 0.15) is 5.75 Å². The first-order valence-corrected chi connectivity index (χ1v) is 8.63. The Labute approximate surface area is 163 Å². The van der Waals surface area contributed by atoms with Crippen LogP contribution in [0.4, 0.5) is 10.5 Å². The van der Waals surface area contributed by atoms with Crippen LogP contribution in [0.5, 0.6) is 5.75 Å². The van der Waals surface area contributed by atoms with Crippen molar-refractivity contribution < 1.29 is 24.2 Å². The van der Waals surface area contributed by atoms with Crippen molar-refractivity contribution in [1.82, 2.24) is 10.2 Å². The maximum absolute atomic E-state index is 12.1. The topological polar surface area (TPSA) is 108 Å². The van der Waals surface area contributed by atoms with Crippen LogP contribution < -0.4 is 15.4 Å². The molecule has 1 heterocycles. The zero-order chi connectivity index (χ0) is 18.7. The molecular formula is C18H24ClN3O5. The van der Waals surface area contributed by atoms with Gasteiger partial charge in [-0.05, 0) is 43.0 Å². The molecule has 8 nitrogen and oxygen atoms in total. The Morgan fingerprint density at radius 3 is 2.59 bits per heavy atom. The average Bonchev–Trinajstić information content (AvgIpc) is 3.13. The number of fused-ring (bicyclic) bond motifs is 1. The van der Waals surface area contributed by atoms with Crippen LogP contribution in [0.15, 0.2) is 24.3 Å². The number of nitrogens with zero attached hydrogens (tertiary/aromatic N) is 1. The molecule has 0 spiro atoms. The molecule has 3 amide bonds. The van der Waals surface area contributed by atoms with E-state index in [1.165, 1.54) is 0 Å². The van der Waals surface area contributed by atoms with E-state index in [4.69, 9.17) is 4.74 Å². The number of methoxy groups -OCH3 is 1. The largest absolute Gasteiger partial charge is 0.497 e. The number of urea groups is 1. The molecule has 1 saturated heterocycles. The third-order valence-electron chi connectivity index (χ3n) is 5.34. The molecule has 2 atom stereocenters. The Morgan fingerprint density at radius 1 is 1.30 bits per heavy atom. The number of hydrogen-bond donors (Lipinski definition) is 3. The van der Waals surface area contributed by atoms with Gasteiger partial charge in [-0.2, -0.15) is 0 Å². The highest BCUT2D eigenvalue weighted by Crippen LogP contribution is 2.48. The highest BCUT2D eigenvalue weighted by atomic mass is 35.5. The number of carbonyl (C=O) groups excluding carboxylic acids is 2. The molecule has 1 aliphatic heterocycles. The third kappa shape index (κ3) is 4.51. The zero-order valence-corrected chi connectivity index (χ0v) is 15.9. The number of ether oxygens (including phenoxy) is 1. The van der Waals surface area contributed by atoms with Crippen LogP contribution in [0.2, 0.25) is 0 Å². The number of benzene rings is 1. The van der Waals surface area contributed by atoms with Crippen molar-refractivity contribution in [3.05, 3.63) is 24.3 Å². The second-order valence-electron chi connectivity index (χ2n) is 6.95. The van der Waals surface area contributed by atoms with Crippen molar-refractivity contribution in [2.75, 3.05) is 32.1 Å². The summed E-state index contributed by atoms with van der Waals surface area (Å²) in [5.41, 5.74) is -0.192. The van der Waals surface area contributed by atoms with E-state index >= 15 is 0 Å². The van der Waals surface area contributed by atoms with E-state index in [-0.39, 0.29) is 24.9 Å². The average molecular weight is 398 g/mol. The number of halogens is 1. The molecule has 1 aromatic rings. The number of carboxylic acid groups (broad SMARTS) is 1. The number of nitrogens with one attached hydrogen (secondary N) is 2. The van der Waals surface area contributed by atoms with E-state index in [2.05, 4.69) is 10.6 Å². The molecule has 1 aliphatic carbocycles. The molecule has 0 radical (unpaired) electrons. The number of rotatable bonds is 5. The molecular weight excluding hydrogens is 374 g/mol. The van der Waals surface area contributed by atoms with Gasteiger partial charge in [-0.1, -0.05) is 6.42 Å². The summed E-state index contributed by atoms with van der Waals surface area (Å²) in [6, 6.07) is 6.12. The van der Waals surface area contributed by atoms with Gasteiger partial charge in [-0.3, -0.25) is 19.8 Å². The number of amides is 3. The molecule has 1 aromatic carbocycles. The summed E-state index contributed by atoms with van der Waals surface area (Å²) in [6.45, 7) is 0.960. The second-order valence-corrected chi connectivity index (χ2v) is 6.95. The molecule has 0 bridgehead atoms. The Kier molecular flexibility index (Phi) is 6.67. The number of carboxylic acids is 1. The minimum atomic E-state index is -0.778. The van der Waals surface area contributed by atoms with Crippen molar-refractivity contribution in [3.63, 3.8) is 0 Å². The second kappa shape index (κ2) is 8.58. The lowest BCUT2D eigenvalue weighted by molar-refractivity contribution is -0.149.